The van der Waals surface area contributed by atoms with Gasteiger partial charge in [0.1, 0.15) is 5.75 Å². The highest BCUT2D eigenvalue weighted by molar-refractivity contribution is 5.56. The molecule has 28 heavy (non-hydrogen) atoms. The molecule has 3 heteroatoms. The second kappa shape index (κ2) is 8.83. The molecule has 4 N–H and O–H groups in total. The van der Waals surface area contributed by atoms with Gasteiger partial charge in [0.25, 0.3) is 0 Å². The second-order valence-corrected chi connectivity index (χ2v) is 7.33. The molecule has 0 aliphatic heterocycles. The van der Waals surface area contributed by atoms with Crippen molar-refractivity contribution in [3.05, 3.63) is 88.5 Å². The summed E-state index contributed by atoms with van der Waals surface area (Å²) in [5.74, 6) is 0.326. The Morgan fingerprint density at radius 3 is 2.21 bits per heavy atom. The van der Waals surface area contributed by atoms with E-state index in [1.54, 1.807) is 6.07 Å². The number of hydrogen-bond acceptors (Lipinski definition) is 3. The average molecular weight is 375 g/mol. The van der Waals surface area contributed by atoms with Crippen LogP contribution in [0.3, 0.4) is 0 Å². The number of para-hydroxylation sites is 1. The molecule has 146 valence electrons. The van der Waals surface area contributed by atoms with E-state index >= 15 is 0 Å². The predicted octanol–water partition coefficient (Wildman–Crippen LogP) is 5.86. The lowest BCUT2D eigenvalue weighted by molar-refractivity contribution is 0.465. The largest absolute Gasteiger partial charge is 0.508 e. The van der Waals surface area contributed by atoms with E-state index in [-0.39, 0.29) is 6.04 Å². The summed E-state index contributed by atoms with van der Waals surface area (Å²) in [6.45, 7) is 6.38. The van der Waals surface area contributed by atoms with Crippen LogP contribution in [-0.2, 0) is 19.3 Å². The summed E-state index contributed by atoms with van der Waals surface area (Å²) in [5, 5.41) is 13.7. The monoisotopic (exact) mass is 374 g/mol. The third-order valence-electron chi connectivity index (χ3n) is 5.32. The molecule has 3 rings (SSSR count). The summed E-state index contributed by atoms with van der Waals surface area (Å²) in [5.41, 5.74) is 14.0. The van der Waals surface area contributed by atoms with Crippen molar-refractivity contribution in [3.63, 3.8) is 0 Å². The molecule has 0 radical (unpaired) electrons. The Balaban J connectivity index is 1.79. The van der Waals surface area contributed by atoms with Crippen molar-refractivity contribution in [2.45, 2.75) is 46.1 Å². The van der Waals surface area contributed by atoms with Crippen LogP contribution in [0.5, 0.6) is 5.75 Å². The molecule has 0 heterocycles. The second-order valence-electron chi connectivity index (χ2n) is 7.33. The van der Waals surface area contributed by atoms with Gasteiger partial charge in [-0.15, -0.1) is 0 Å². The predicted molar refractivity (Wildman–Crippen MR) is 119 cm³/mol. The molecule has 0 aromatic heterocycles. The van der Waals surface area contributed by atoms with Gasteiger partial charge in [-0.05, 0) is 66.6 Å². The van der Waals surface area contributed by atoms with Crippen LogP contribution in [0.1, 0.15) is 54.6 Å². The minimum Gasteiger partial charge on any atom is -0.508 e. The summed E-state index contributed by atoms with van der Waals surface area (Å²) in [6.07, 6.45) is 2.80. The Morgan fingerprint density at radius 2 is 1.54 bits per heavy atom. The van der Waals surface area contributed by atoms with Crippen molar-refractivity contribution in [1.29, 1.82) is 0 Å². The van der Waals surface area contributed by atoms with E-state index in [1.165, 1.54) is 22.3 Å². The Morgan fingerprint density at radius 1 is 0.893 bits per heavy atom. The number of rotatable bonds is 7. The minimum absolute atomic E-state index is 0.0292. The van der Waals surface area contributed by atoms with Crippen molar-refractivity contribution in [1.82, 2.24) is 0 Å². The number of nitrogens with two attached hydrogens (primary N) is 1. The molecule has 1 atom stereocenters. The fraction of sp³-hybridized carbons (Fsp3) is 0.280. The normalized spacial score (nSPS) is 12.0. The first-order valence-corrected chi connectivity index (χ1v) is 10.0. The Bertz CT molecular complexity index is 949. The van der Waals surface area contributed by atoms with Gasteiger partial charge in [-0.25, -0.2) is 0 Å². The highest BCUT2D eigenvalue weighted by atomic mass is 16.3. The number of aryl methyl sites for hydroxylation is 2. The van der Waals surface area contributed by atoms with Crippen LogP contribution in [-0.4, -0.2) is 5.11 Å². The molecule has 0 aliphatic carbocycles. The molecule has 0 bridgehead atoms. The van der Waals surface area contributed by atoms with Gasteiger partial charge in [0, 0.05) is 16.9 Å². The average Bonchev–Trinajstić information content (AvgIpc) is 2.70. The third-order valence-corrected chi connectivity index (χ3v) is 5.32. The molecule has 3 aromatic carbocycles. The summed E-state index contributed by atoms with van der Waals surface area (Å²) in [4.78, 5) is 0. The Hall–Kier alpha value is -2.94. The molecule has 0 fully saturated rings. The molecule has 0 saturated carbocycles. The zero-order chi connectivity index (χ0) is 20.1. The Kier molecular flexibility index (Phi) is 6.25. The molecule has 0 spiro atoms. The topological polar surface area (TPSA) is 58.3 Å². The number of benzene rings is 3. The van der Waals surface area contributed by atoms with Gasteiger partial charge in [0.2, 0.25) is 0 Å². The number of nitrogens with one attached hydrogen (secondary N) is 1. The van der Waals surface area contributed by atoms with Gasteiger partial charge in [-0.1, -0.05) is 56.3 Å². The molecule has 3 nitrogen and oxygen atoms in total. The maximum absolute atomic E-state index is 10.1. The summed E-state index contributed by atoms with van der Waals surface area (Å²) in [7, 11) is 0. The van der Waals surface area contributed by atoms with Crippen LogP contribution in [0, 0.1) is 0 Å². The van der Waals surface area contributed by atoms with Crippen molar-refractivity contribution in [3.8, 4) is 5.75 Å². The third kappa shape index (κ3) is 4.48. The molecular weight excluding hydrogens is 344 g/mol. The number of anilines is 2. The van der Waals surface area contributed by atoms with Gasteiger partial charge < -0.3 is 16.2 Å². The number of phenols is 1. The van der Waals surface area contributed by atoms with Crippen LogP contribution in [0.15, 0.2) is 60.7 Å². The fourth-order valence-corrected chi connectivity index (χ4v) is 3.67. The van der Waals surface area contributed by atoms with Gasteiger partial charge in [-0.2, -0.15) is 0 Å². The van der Waals surface area contributed by atoms with Gasteiger partial charge in [0.15, 0.2) is 0 Å². The number of nitrogen functional groups attached to an aromatic ring is 1. The lowest BCUT2D eigenvalue weighted by Gasteiger charge is -2.20. The number of phenolic OH excluding ortho intramolecular Hbond substituents is 1. The van der Waals surface area contributed by atoms with Gasteiger partial charge in [0.05, 0.1) is 6.04 Å². The van der Waals surface area contributed by atoms with Gasteiger partial charge in [-0.3, -0.25) is 0 Å². The van der Waals surface area contributed by atoms with E-state index < -0.39 is 0 Å². The van der Waals surface area contributed by atoms with E-state index in [2.05, 4.69) is 56.4 Å². The zero-order valence-electron chi connectivity index (χ0n) is 17.0. The van der Waals surface area contributed by atoms with E-state index in [1.807, 2.05) is 24.3 Å². The Labute approximate surface area is 168 Å². The molecule has 0 amide bonds. The van der Waals surface area contributed by atoms with E-state index in [4.69, 9.17) is 5.73 Å². The summed E-state index contributed by atoms with van der Waals surface area (Å²) < 4.78 is 0. The number of hydrogen-bond donors (Lipinski definition) is 3. The van der Waals surface area contributed by atoms with Crippen LogP contribution in [0.2, 0.25) is 0 Å². The van der Waals surface area contributed by atoms with E-state index in [9.17, 15) is 5.11 Å². The van der Waals surface area contributed by atoms with E-state index in [0.717, 1.165) is 36.2 Å². The SMILES string of the molecule is CCc1cc(Cc2ccc(NC(C)c3ccccc3O)c(CC)c2)ccc1N. The van der Waals surface area contributed by atoms with Crippen molar-refractivity contribution >= 4 is 11.4 Å². The molecule has 1 unspecified atom stereocenters. The first-order chi connectivity index (χ1) is 13.5. The zero-order valence-corrected chi connectivity index (χ0v) is 17.0. The van der Waals surface area contributed by atoms with Crippen molar-refractivity contribution in [2.24, 2.45) is 0 Å². The quantitative estimate of drug-likeness (QED) is 0.454. The smallest absolute Gasteiger partial charge is 0.120 e. The van der Waals surface area contributed by atoms with Crippen LogP contribution < -0.4 is 11.1 Å². The maximum Gasteiger partial charge on any atom is 0.120 e. The first-order valence-electron chi connectivity index (χ1n) is 10.0. The lowest BCUT2D eigenvalue weighted by Crippen LogP contribution is -2.09. The van der Waals surface area contributed by atoms with Crippen LogP contribution >= 0.6 is 0 Å². The van der Waals surface area contributed by atoms with Crippen LogP contribution in [0.25, 0.3) is 0 Å². The van der Waals surface area contributed by atoms with E-state index in [0.29, 0.717) is 5.75 Å². The molecular formula is C25H30N2O. The first kappa shape index (κ1) is 19.8. The molecule has 0 aliphatic rings. The highest BCUT2D eigenvalue weighted by Crippen LogP contribution is 2.29. The standard InChI is InChI=1S/C25H30N2O/c1-4-20-15-18(10-12-23(20)26)14-19-11-13-24(21(5-2)16-19)27-17(3)22-8-6-7-9-25(22)28/h6-13,15-17,27-28H,4-5,14,26H2,1-3H3. The lowest BCUT2D eigenvalue weighted by atomic mass is 9.97. The number of aromatic hydroxyl groups is 1. The fourth-order valence-electron chi connectivity index (χ4n) is 3.67. The minimum atomic E-state index is 0.0292. The van der Waals surface area contributed by atoms with Crippen molar-refractivity contribution in [2.75, 3.05) is 11.1 Å². The highest BCUT2D eigenvalue weighted by Gasteiger charge is 2.12. The molecule has 3 aromatic rings. The van der Waals surface area contributed by atoms with Crippen molar-refractivity contribution < 1.29 is 5.11 Å². The van der Waals surface area contributed by atoms with Gasteiger partial charge >= 0.3 is 0 Å². The maximum atomic E-state index is 10.1. The molecule has 0 saturated heterocycles. The summed E-state index contributed by atoms with van der Waals surface area (Å²) >= 11 is 0. The summed E-state index contributed by atoms with van der Waals surface area (Å²) in [6, 6.07) is 20.5. The van der Waals surface area contributed by atoms with Crippen LogP contribution in [0.4, 0.5) is 11.4 Å².